The number of fused-ring (bicyclic) bond motifs is 1. The monoisotopic (exact) mass is 305 g/mol. The number of nitrogens with one attached hydrogen (secondary N) is 1. The fraction of sp³-hybridized carbons (Fsp3) is 0.350. The predicted molar refractivity (Wildman–Crippen MR) is 94.6 cm³/mol. The van der Waals surface area contributed by atoms with Crippen LogP contribution in [0.4, 0.5) is 0 Å². The summed E-state index contributed by atoms with van der Waals surface area (Å²) in [5.41, 5.74) is 6.25. The number of aromatic amines is 1. The zero-order valence-corrected chi connectivity index (χ0v) is 13.8. The Bertz CT molecular complexity index is 817. The summed E-state index contributed by atoms with van der Waals surface area (Å²) < 4.78 is 0. The molecule has 1 N–H and O–H groups in total. The maximum Gasteiger partial charge on any atom is 0.111 e. The van der Waals surface area contributed by atoms with E-state index in [-0.39, 0.29) is 0 Å². The second-order valence-corrected chi connectivity index (χ2v) is 6.85. The second-order valence-electron chi connectivity index (χ2n) is 6.85. The van der Waals surface area contributed by atoms with Crippen LogP contribution in [0.3, 0.4) is 0 Å². The van der Waals surface area contributed by atoms with Gasteiger partial charge in [-0.3, -0.25) is 4.90 Å². The van der Waals surface area contributed by atoms with Crippen molar-refractivity contribution in [2.75, 3.05) is 13.1 Å². The van der Waals surface area contributed by atoms with E-state index >= 15 is 0 Å². The Morgan fingerprint density at radius 3 is 2.70 bits per heavy atom. The lowest BCUT2D eigenvalue weighted by Crippen LogP contribution is -2.19. The number of imidazole rings is 1. The molecule has 1 aliphatic heterocycles. The predicted octanol–water partition coefficient (Wildman–Crippen LogP) is 4.17. The number of nitrogens with zero attached hydrogens (tertiary/aromatic N) is 2. The maximum absolute atomic E-state index is 4.81. The highest BCUT2D eigenvalue weighted by molar-refractivity contribution is 5.75. The summed E-state index contributed by atoms with van der Waals surface area (Å²) in [5.74, 6) is 1.67. The van der Waals surface area contributed by atoms with Gasteiger partial charge in [0.2, 0.25) is 0 Å². The molecule has 0 bridgehead atoms. The van der Waals surface area contributed by atoms with Crippen molar-refractivity contribution in [1.82, 2.24) is 14.9 Å². The molecule has 0 aliphatic carbocycles. The van der Waals surface area contributed by atoms with E-state index in [1.165, 1.54) is 23.1 Å². The lowest BCUT2D eigenvalue weighted by molar-refractivity contribution is 0.326. The van der Waals surface area contributed by atoms with Crippen LogP contribution in [0, 0.1) is 13.8 Å². The van der Waals surface area contributed by atoms with Crippen LogP contribution in [-0.4, -0.2) is 28.0 Å². The largest absolute Gasteiger partial charge is 0.342 e. The average molecular weight is 305 g/mol. The molecule has 1 fully saturated rings. The van der Waals surface area contributed by atoms with Gasteiger partial charge in [0.15, 0.2) is 0 Å². The van der Waals surface area contributed by atoms with Gasteiger partial charge in [0.25, 0.3) is 0 Å². The minimum atomic E-state index is 0.521. The molecule has 0 radical (unpaired) electrons. The van der Waals surface area contributed by atoms with E-state index < -0.39 is 0 Å². The van der Waals surface area contributed by atoms with Gasteiger partial charge in [-0.05, 0) is 50.1 Å². The van der Waals surface area contributed by atoms with Crippen LogP contribution in [0.5, 0.6) is 0 Å². The van der Waals surface area contributed by atoms with Crippen molar-refractivity contribution in [1.29, 1.82) is 0 Å². The van der Waals surface area contributed by atoms with Crippen LogP contribution in [0.2, 0.25) is 0 Å². The summed E-state index contributed by atoms with van der Waals surface area (Å²) in [6, 6.07) is 15.3. The molecule has 118 valence electrons. The number of rotatable bonds is 3. The van der Waals surface area contributed by atoms with Gasteiger partial charge >= 0.3 is 0 Å². The normalized spacial score (nSPS) is 18.8. The minimum Gasteiger partial charge on any atom is -0.342 e. The molecule has 3 aromatic rings. The third-order valence-electron chi connectivity index (χ3n) is 4.84. The van der Waals surface area contributed by atoms with Gasteiger partial charge in [-0.2, -0.15) is 0 Å². The molecular formula is C20H23N3. The van der Waals surface area contributed by atoms with Crippen LogP contribution < -0.4 is 0 Å². The Kier molecular flexibility index (Phi) is 3.66. The number of aromatic nitrogens is 2. The highest BCUT2D eigenvalue weighted by Crippen LogP contribution is 2.28. The Hall–Kier alpha value is -2.13. The Balaban J connectivity index is 1.47. The highest BCUT2D eigenvalue weighted by Gasteiger charge is 2.26. The molecule has 1 saturated heterocycles. The zero-order chi connectivity index (χ0) is 15.8. The number of benzene rings is 2. The van der Waals surface area contributed by atoms with Gasteiger partial charge in [0.1, 0.15) is 5.82 Å². The second kappa shape index (κ2) is 5.82. The van der Waals surface area contributed by atoms with Gasteiger partial charge in [0.05, 0.1) is 11.0 Å². The fourth-order valence-corrected chi connectivity index (χ4v) is 3.49. The molecule has 3 heteroatoms. The molecule has 1 aromatic heterocycles. The molecule has 2 heterocycles. The maximum atomic E-state index is 4.81. The molecule has 3 nitrogen and oxygen atoms in total. The standard InChI is InChI=1S/C20H23N3/c1-14-3-6-16(7-4-14)12-23-10-9-17(13-23)20-21-18-8-5-15(2)11-19(18)22-20/h3-8,11,17H,9-10,12-13H2,1-2H3,(H,21,22). The van der Waals surface area contributed by atoms with E-state index in [1.807, 2.05) is 0 Å². The van der Waals surface area contributed by atoms with Gasteiger partial charge < -0.3 is 4.98 Å². The van der Waals surface area contributed by atoms with Crippen molar-refractivity contribution in [2.24, 2.45) is 0 Å². The van der Waals surface area contributed by atoms with E-state index in [0.29, 0.717) is 5.92 Å². The number of likely N-dealkylation sites (tertiary alicyclic amines) is 1. The molecule has 1 atom stereocenters. The lowest BCUT2D eigenvalue weighted by Gasteiger charge is -2.15. The first-order valence-corrected chi connectivity index (χ1v) is 8.41. The van der Waals surface area contributed by atoms with Gasteiger partial charge in [-0.15, -0.1) is 0 Å². The summed E-state index contributed by atoms with van der Waals surface area (Å²) >= 11 is 0. The molecule has 1 aliphatic rings. The van der Waals surface area contributed by atoms with Crippen LogP contribution >= 0.6 is 0 Å². The quantitative estimate of drug-likeness (QED) is 0.787. The first kappa shape index (κ1) is 14.5. The van der Waals surface area contributed by atoms with Crippen molar-refractivity contribution in [3.05, 3.63) is 65.0 Å². The first-order chi connectivity index (χ1) is 11.2. The van der Waals surface area contributed by atoms with Crippen LogP contribution in [0.1, 0.15) is 34.9 Å². The van der Waals surface area contributed by atoms with E-state index in [9.17, 15) is 0 Å². The summed E-state index contributed by atoms with van der Waals surface area (Å²) in [5, 5.41) is 0. The molecule has 0 amide bonds. The fourth-order valence-electron chi connectivity index (χ4n) is 3.49. The first-order valence-electron chi connectivity index (χ1n) is 8.41. The van der Waals surface area contributed by atoms with E-state index in [1.54, 1.807) is 0 Å². The van der Waals surface area contributed by atoms with Gasteiger partial charge in [-0.25, -0.2) is 4.98 Å². The Morgan fingerprint density at radius 2 is 1.87 bits per heavy atom. The number of H-pyrrole nitrogens is 1. The molecular weight excluding hydrogens is 282 g/mol. The summed E-state index contributed by atoms with van der Waals surface area (Å²) in [4.78, 5) is 10.9. The van der Waals surface area contributed by atoms with Crippen molar-refractivity contribution < 1.29 is 0 Å². The molecule has 0 saturated carbocycles. The average Bonchev–Trinajstić information content (AvgIpc) is 3.15. The molecule has 2 aromatic carbocycles. The molecule has 4 rings (SSSR count). The van der Waals surface area contributed by atoms with Gasteiger partial charge in [-0.1, -0.05) is 35.9 Å². The highest BCUT2D eigenvalue weighted by atomic mass is 15.2. The van der Waals surface area contributed by atoms with Crippen LogP contribution in [0.25, 0.3) is 11.0 Å². The van der Waals surface area contributed by atoms with Gasteiger partial charge in [0, 0.05) is 19.0 Å². The van der Waals surface area contributed by atoms with Crippen LogP contribution in [0.15, 0.2) is 42.5 Å². The number of hydrogen-bond donors (Lipinski definition) is 1. The zero-order valence-electron chi connectivity index (χ0n) is 13.8. The SMILES string of the molecule is Cc1ccc(CN2CCC(c3nc4ccc(C)cc4[nH]3)C2)cc1. The van der Waals surface area contributed by atoms with E-state index in [4.69, 9.17) is 4.98 Å². The molecule has 0 spiro atoms. The minimum absolute atomic E-state index is 0.521. The number of aryl methyl sites for hydroxylation is 2. The van der Waals surface area contributed by atoms with Crippen molar-refractivity contribution in [3.63, 3.8) is 0 Å². The van der Waals surface area contributed by atoms with Crippen molar-refractivity contribution in [3.8, 4) is 0 Å². The van der Waals surface area contributed by atoms with Crippen molar-refractivity contribution in [2.45, 2.75) is 32.7 Å². The Labute approximate surface area is 137 Å². The van der Waals surface area contributed by atoms with Crippen LogP contribution in [-0.2, 0) is 6.54 Å². The Morgan fingerprint density at radius 1 is 1.09 bits per heavy atom. The van der Waals surface area contributed by atoms with E-state index in [0.717, 1.165) is 36.5 Å². The summed E-state index contributed by atoms with van der Waals surface area (Å²) in [6.45, 7) is 7.54. The summed E-state index contributed by atoms with van der Waals surface area (Å²) in [7, 11) is 0. The molecule has 23 heavy (non-hydrogen) atoms. The summed E-state index contributed by atoms with van der Waals surface area (Å²) in [6.07, 6.45) is 1.19. The van der Waals surface area contributed by atoms with E-state index in [2.05, 4.69) is 66.2 Å². The number of hydrogen-bond acceptors (Lipinski definition) is 2. The topological polar surface area (TPSA) is 31.9 Å². The smallest absolute Gasteiger partial charge is 0.111 e. The third kappa shape index (κ3) is 3.02. The molecule has 1 unspecified atom stereocenters. The lowest BCUT2D eigenvalue weighted by atomic mass is 10.1. The van der Waals surface area contributed by atoms with Crippen molar-refractivity contribution >= 4 is 11.0 Å². The third-order valence-corrected chi connectivity index (χ3v) is 4.84.